The van der Waals surface area contributed by atoms with Gasteiger partial charge in [-0.1, -0.05) is 30.7 Å². The Labute approximate surface area is 183 Å². The van der Waals surface area contributed by atoms with Crippen LogP contribution in [-0.4, -0.2) is 35.4 Å². The summed E-state index contributed by atoms with van der Waals surface area (Å²) in [7, 11) is 0. The molecule has 6 nitrogen and oxygen atoms in total. The van der Waals surface area contributed by atoms with Crippen molar-refractivity contribution in [3.05, 3.63) is 66.0 Å². The highest BCUT2D eigenvalue weighted by molar-refractivity contribution is 5.97. The number of aromatic nitrogens is 1. The Kier molecular flexibility index (Phi) is 10.7. The van der Waals surface area contributed by atoms with Gasteiger partial charge >= 0.3 is 0 Å². The Morgan fingerprint density at radius 1 is 1.10 bits per heavy atom. The van der Waals surface area contributed by atoms with Crippen LogP contribution in [-0.2, 0) is 11.2 Å². The summed E-state index contributed by atoms with van der Waals surface area (Å²) in [6, 6.07) is 12.1. The van der Waals surface area contributed by atoms with E-state index >= 15 is 0 Å². The molecule has 1 aromatic heterocycles. The van der Waals surface area contributed by atoms with Crippen LogP contribution in [0.25, 0.3) is 0 Å². The monoisotopic (exact) mass is 438 g/mol. The molecule has 1 heterocycles. The van der Waals surface area contributed by atoms with Gasteiger partial charge in [-0.25, -0.2) is 0 Å². The van der Waals surface area contributed by atoms with Crippen molar-refractivity contribution in [1.82, 2.24) is 15.6 Å². The van der Waals surface area contributed by atoms with Gasteiger partial charge in [0.15, 0.2) is 0 Å². The average molecular weight is 439 g/mol. The lowest BCUT2D eigenvalue weighted by Gasteiger charge is -2.24. The molecular formula is C21H28Cl2N4O2. The lowest BCUT2D eigenvalue weighted by molar-refractivity contribution is -0.123. The summed E-state index contributed by atoms with van der Waals surface area (Å²) in [5.41, 5.74) is 7.25. The van der Waals surface area contributed by atoms with Crippen molar-refractivity contribution in [3.8, 4) is 0 Å². The zero-order valence-corrected chi connectivity index (χ0v) is 17.8. The van der Waals surface area contributed by atoms with Crippen LogP contribution in [0, 0.1) is 5.92 Å². The third-order valence-electron chi connectivity index (χ3n) is 5.11. The summed E-state index contributed by atoms with van der Waals surface area (Å²) in [6.07, 6.45) is 6.82. The fourth-order valence-electron chi connectivity index (χ4n) is 3.59. The molecule has 1 aliphatic rings. The number of hydrogen-bond donors (Lipinski definition) is 3. The maximum absolute atomic E-state index is 12.9. The third kappa shape index (κ3) is 6.99. The molecule has 3 atom stereocenters. The van der Waals surface area contributed by atoms with Crippen molar-refractivity contribution >= 4 is 36.6 Å². The van der Waals surface area contributed by atoms with Crippen molar-refractivity contribution < 1.29 is 9.59 Å². The number of hydrogen-bond acceptors (Lipinski definition) is 4. The molecule has 2 amide bonds. The molecule has 2 aromatic rings. The second kappa shape index (κ2) is 12.4. The van der Waals surface area contributed by atoms with Crippen molar-refractivity contribution in [3.63, 3.8) is 0 Å². The van der Waals surface area contributed by atoms with Gasteiger partial charge in [0.1, 0.15) is 6.04 Å². The molecule has 1 fully saturated rings. The molecule has 0 saturated heterocycles. The molecule has 0 bridgehead atoms. The SMILES string of the molecule is Cl.Cl.NCC1CCCC1NC(=O)C(Cc1cccnc1)NC(=O)c1ccccc1. The Balaban J connectivity index is 0.00000210. The van der Waals surface area contributed by atoms with Crippen LogP contribution in [0.2, 0.25) is 0 Å². The molecule has 29 heavy (non-hydrogen) atoms. The number of pyridine rings is 1. The van der Waals surface area contributed by atoms with Gasteiger partial charge in [0.25, 0.3) is 5.91 Å². The Hall–Kier alpha value is -2.15. The molecule has 8 heteroatoms. The van der Waals surface area contributed by atoms with E-state index in [1.165, 1.54) is 0 Å². The van der Waals surface area contributed by atoms with Crippen LogP contribution in [0.15, 0.2) is 54.9 Å². The van der Waals surface area contributed by atoms with Gasteiger partial charge in [0.05, 0.1) is 0 Å². The number of nitrogens with zero attached hydrogens (tertiary/aromatic N) is 1. The maximum Gasteiger partial charge on any atom is 0.251 e. The lowest BCUT2D eigenvalue weighted by Crippen LogP contribution is -2.52. The van der Waals surface area contributed by atoms with Crippen LogP contribution in [0.5, 0.6) is 0 Å². The van der Waals surface area contributed by atoms with Crippen LogP contribution < -0.4 is 16.4 Å². The number of carbonyl (C=O) groups is 2. The van der Waals surface area contributed by atoms with Crippen LogP contribution in [0.4, 0.5) is 0 Å². The number of nitrogens with two attached hydrogens (primary N) is 1. The minimum atomic E-state index is -0.666. The first-order valence-corrected chi connectivity index (χ1v) is 9.42. The summed E-state index contributed by atoms with van der Waals surface area (Å²) < 4.78 is 0. The van der Waals surface area contributed by atoms with E-state index in [1.807, 2.05) is 18.2 Å². The van der Waals surface area contributed by atoms with E-state index < -0.39 is 6.04 Å². The van der Waals surface area contributed by atoms with Crippen LogP contribution >= 0.6 is 24.8 Å². The molecule has 3 unspecified atom stereocenters. The Bertz CT molecular complexity index is 762. The van der Waals surface area contributed by atoms with Crippen molar-refractivity contribution in [2.75, 3.05) is 6.54 Å². The predicted molar refractivity (Wildman–Crippen MR) is 118 cm³/mol. The van der Waals surface area contributed by atoms with E-state index in [9.17, 15) is 9.59 Å². The number of nitrogens with one attached hydrogen (secondary N) is 2. The van der Waals surface area contributed by atoms with Crippen LogP contribution in [0.3, 0.4) is 0 Å². The maximum atomic E-state index is 12.9. The average Bonchev–Trinajstić information content (AvgIpc) is 3.16. The summed E-state index contributed by atoms with van der Waals surface area (Å²) in [5.74, 6) is -0.132. The first kappa shape index (κ1) is 24.9. The topological polar surface area (TPSA) is 97.1 Å². The predicted octanol–water partition coefficient (Wildman–Crippen LogP) is 2.51. The van der Waals surface area contributed by atoms with E-state index in [1.54, 1.807) is 36.7 Å². The van der Waals surface area contributed by atoms with Crippen LogP contribution in [0.1, 0.15) is 35.2 Å². The molecule has 1 aliphatic carbocycles. The smallest absolute Gasteiger partial charge is 0.251 e. The third-order valence-corrected chi connectivity index (χ3v) is 5.11. The number of rotatable bonds is 7. The normalized spacial score (nSPS) is 18.7. The van der Waals surface area contributed by atoms with E-state index in [0.29, 0.717) is 24.4 Å². The molecule has 0 spiro atoms. The molecule has 0 aliphatic heterocycles. The molecule has 4 N–H and O–H groups in total. The van der Waals surface area contributed by atoms with Crippen molar-refractivity contribution in [2.24, 2.45) is 11.7 Å². The molecule has 0 radical (unpaired) electrons. The van der Waals surface area contributed by atoms with Gasteiger partial charge in [0.2, 0.25) is 5.91 Å². The Morgan fingerprint density at radius 3 is 2.52 bits per heavy atom. The first-order chi connectivity index (χ1) is 13.2. The highest BCUT2D eigenvalue weighted by Gasteiger charge is 2.30. The summed E-state index contributed by atoms with van der Waals surface area (Å²) in [6.45, 7) is 0.564. The standard InChI is InChI=1S/C21H26N4O2.2ClH/c22-13-17-9-4-10-18(17)24-21(27)19(12-15-6-5-11-23-14-15)25-20(26)16-7-2-1-3-8-16;;/h1-3,5-8,11,14,17-19H,4,9-10,12-13,22H2,(H,24,27)(H,25,26);2*1H. The highest BCUT2D eigenvalue weighted by atomic mass is 35.5. The highest BCUT2D eigenvalue weighted by Crippen LogP contribution is 2.24. The number of carbonyl (C=O) groups excluding carboxylic acids is 2. The summed E-state index contributed by atoms with van der Waals surface area (Å²) in [4.78, 5) is 29.6. The summed E-state index contributed by atoms with van der Waals surface area (Å²) >= 11 is 0. The quantitative estimate of drug-likeness (QED) is 0.618. The van der Waals surface area contributed by atoms with Gasteiger partial charge in [-0.15, -0.1) is 24.8 Å². The number of halogens is 2. The van der Waals surface area contributed by atoms with Gasteiger partial charge < -0.3 is 16.4 Å². The molecule has 158 valence electrons. The van der Waals surface area contributed by atoms with Crippen molar-refractivity contribution in [1.29, 1.82) is 0 Å². The molecular weight excluding hydrogens is 411 g/mol. The molecule has 1 saturated carbocycles. The Morgan fingerprint density at radius 2 is 1.86 bits per heavy atom. The second-order valence-corrected chi connectivity index (χ2v) is 7.00. The fourth-order valence-corrected chi connectivity index (χ4v) is 3.59. The zero-order valence-electron chi connectivity index (χ0n) is 16.1. The minimum Gasteiger partial charge on any atom is -0.351 e. The van der Waals surface area contributed by atoms with Gasteiger partial charge in [0, 0.05) is 30.4 Å². The minimum absolute atomic E-state index is 0. The number of amides is 2. The lowest BCUT2D eigenvalue weighted by atomic mass is 10.0. The largest absolute Gasteiger partial charge is 0.351 e. The van der Waals surface area contributed by atoms with E-state index in [-0.39, 0.29) is 42.7 Å². The number of benzene rings is 1. The van der Waals surface area contributed by atoms with E-state index in [4.69, 9.17) is 5.73 Å². The second-order valence-electron chi connectivity index (χ2n) is 7.00. The first-order valence-electron chi connectivity index (χ1n) is 9.42. The van der Waals surface area contributed by atoms with Gasteiger partial charge in [-0.3, -0.25) is 14.6 Å². The molecule has 1 aromatic carbocycles. The van der Waals surface area contributed by atoms with Crippen molar-refractivity contribution in [2.45, 2.75) is 37.8 Å². The summed E-state index contributed by atoms with van der Waals surface area (Å²) in [5, 5.41) is 5.98. The van der Waals surface area contributed by atoms with E-state index in [0.717, 1.165) is 24.8 Å². The van der Waals surface area contributed by atoms with Gasteiger partial charge in [-0.2, -0.15) is 0 Å². The fraction of sp³-hybridized carbons (Fsp3) is 0.381. The molecule has 3 rings (SSSR count). The van der Waals surface area contributed by atoms with Gasteiger partial charge in [-0.05, 0) is 49.1 Å². The van der Waals surface area contributed by atoms with E-state index in [2.05, 4.69) is 15.6 Å². The zero-order chi connectivity index (χ0) is 19.1.